The molecule has 2 heterocycles. The highest BCUT2D eigenvalue weighted by atomic mass is 32.2. The van der Waals surface area contributed by atoms with Crippen LogP contribution in [-0.2, 0) is 26.0 Å². The molecule has 40 heavy (non-hydrogen) atoms. The molecule has 0 N–H and O–H groups in total. The van der Waals surface area contributed by atoms with Crippen LogP contribution in [0.4, 0.5) is 18.0 Å². The molecule has 0 saturated carbocycles. The molecule has 3 aliphatic rings. The van der Waals surface area contributed by atoms with Gasteiger partial charge in [-0.15, -0.1) is 0 Å². The number of alkyl halides is 3. The summed E-state index contributed by atoms with van der Waals surface area (Å²) in [5, 5.41) is 0. The Morgan fingerprint density at radius 3 is 2.30 bits per heavy atom. The molecule has 3 aromatic rings. The van der Waals surface area contributed by atoms with Crippen LogP contribution in [0.3, 0.4) is 0 Å². The van der Waals surface area contributed by atoms with Gasteiger partial charge in [-0.05, 0) is 48.9 Å². The third kappa shape index (κ3) is 4.23. The fourth-order valence-electron chi connectivity index (χ4n) is 6.16. The van der Waals surface area contributed by atoms with Gasteiger partial charge in [-0.25, -0.2) is 4.79 Å². The van der Waals surface area contributed by atoms with E-state index >= 15 is 0 Å². The first kappa shape index (κ1) is 26.6. The second-order valence-corrected chi connectivity index (χ2v) is 11.9. The molecule has 1 unspecified atom stereocenters. The number of carbonyl (C=O) groups is 1. The van der Waals surface area contributed by atoms with E-state index in [1.807, 2.05) is 48.5 Å². The van der Waals surface area contributed by atoms with Crippen molar-refractivity contribution in [3.63, 3.8) is 0 Å². The number of fused-ring (bicyclic) bond motifs is 4. The topological polar surface area (TPSA) is 82.1 Å². The van der Waals surface area contributed by atoms with Crippen LogP contribution in [-0.4, -0.2) is 43.6 Å². The smallest absolute Gasteiger partial charge is 0.436 e. The van der Waals surface area contributed by atoms with Gasteiger partial charge in [0.05, 0.1) is 12.1 Å². The average molecular weight is 574 g/mol. The number of benzene rings is 3. The summed E-state index contributed by atoms with van der Waals surface area (Å²) < 4.78 is 80.2. The molecule has 0 radical (unpaired) electrons. The average Bonchev–Trinajstić information content (AvgIpc) is 3.47. The maximum Gasteiger partial charge on any atom is 0.534 e. The van der Waals surface area contributed by atoms with Crippen molar-refractivity contribution in [2.45, 2.75) is 49.4 Å². The van der Waals surface area contributed by atoms with E-state index in [4.69, 9.17) is 9.47 Å². The lowest BCUT2D eigenvalue weighted by Crippen LogP contribution is -2.51. The lowest BCUT2D eigenvalue weighted by Gasteiger charge is -2.43. The number of ether oxygens (including phenoxy) is 2. The third-order valence-corrected chi connectivity index (χ3v) is 8.99. The van der Waals surface area contributed by atoms with Crippen molar-refractivity contribution in [1.29, 1.82) is 0 Å². The van der Waals surface area contributed by atoms with Gasteiger partial charge in [0.15, 0.2) is 6.10 Å². The Bertz CT molecular complexity index is 1550. The predicted octanol–water partition coefficient (Wildman–Crippen LogP) is 6.29. The molecular weight excluding hydrogens is 547 g/mol. The minimum atomic E-state index is -5.91. The molecule has 1 saturated heterocycles. The van der Waals surface area contributed by atoms with Crippen LogP contribution >= 0.6 is 0 Å². The van der Waals surface area contributed by atoms with E-state index in [9.17, 15) is 26.4 Å². The number of halogens is 3. The molecule has 210 valence electrons. The Hall–Kier alpha value is -3.57. The van der Waals surface area contributed by atoms with Gasteiger partial charge in [-0.2, -0.15) is 21.6 Å². The van der Waals surface area contributed by atoms with Gasteiger partial charge in [0, 0.05) is 23.2 Å². The van der Waals surface area contributed by atoms with Crippen LogP contribution in [0.1, 0.15) is 54.2 Å². The highest BCUT2D eigenvalue weighted by molar-refractivity contribution is 7.88. The molecule has 0 aromatic heterocycles. The van der Waals surface area contributed by atoms with E-state index in [1.54, 1.807) is 17.9 Å². The van der Waals surface area contributed by atoms with Crippen molar-refractivity contribution >= 4 is 16.2 Å². The maximum atomic E-state index is 13.8. The number of nitrogens with zero attached hydrogens (tertiary/aromatic N) is 1. The van der Waals surface area contributed by atoms with Gasteiger partial charge in [-0.1, -0.05) is 60.7 Å². The Kier molecular flexibility index (Phi) is 6.34. The van der Waals surface area contributed by atoms with E-state index in [0.29, 0.717) is 31.4 Å². The Morgan fingerprint density at radius 2 is 1.65 bits per heavy atom. The summed E-state index contributed by atoms with van der Waals surface area (Å²) in [7, 11) is -5.91. The molecule has 1 amide bonds. The molecule has 0 bridgehead atoms. The second-order valence-electron chi connectivity index (χ2n) is 10.4. The zero-order valence-electron chi connectivity index (χ0n) is 21.5. The van der Waals surface area contributed by atoms with Gasteiger partial charge in [0.2, 0.25) is 0 Å². The summed E-state index contributed by atoms with van der Waals surface area (Å²) in [6, 6.07) is 19.7. The van der Waals surface area contributed by atoms with Gasteiger partial charge in [-0.3, -0.25) is 4.90 Å². The number of likely N-dealkylation sites (tertiary alicyclic amines) is 1. The van der Waals surface area contributed by atoms with Crippen LogP contribution in [0.25, 0.3) is 11.1 Å². The molecule has 0 spiro atoms. The third-order valence-electron chi connectivity index (χ3n) is 8.02. The van der Waals surface area contributed by atoms with Crippen molar-refractivity contribution in [3.05, 3.63) is 89.0 Å². The number of carbonyl (C=O) groups excluding carboxylic acids is 1. The summed E-state index contributed by atoms with van der Waals surface area (Å²) in [6.45, 7) is 2.37. The van der Waals surface area contributed by atoms with E-state index in [1.165, 1.54) is 12.1 Å². The van der Waals surface area contributed by atoms with E-state index in [2.05, 4.69) is 4.18 Å². The highest BCUT2D eigenvalue weighted by Crippen LogP contribution is 2.50. The summed E-state index contributed by atoms with van der Waals surface area (Å²) in [4.78, 5) is 15.4. The lowest BCUT2D eigenvalue weighted by molar-refractivity contribution is -0.0597. The highest BCUT2D eigenvalue weighted by Gasteiger charge is 2.53. The first-order valence-corrected chi connectivity index (χ1v) is 14.3. The lowest BCUT2D eigenvalue weighted by atomic mass is 9.82. The first-order valence-electron chi connectivity index (χ1n) is 12.9. The Balaban J connectivity index is 1.34. The SMILES string of the molecule is CC1([C@@H]2OCCc3cccc(OS(=O)(=O)C(F)(F)F)c32)CCCN1C(=O)OC1c2ccccc2-c2ccccc21. The Labute approximate surface area is 229 Å². The molecule has 2 aliphatic heterocycles. The van der Waals surface area contributed by atoms with Crippen molar-refractivity contribution in [2.75, 3.05) is 13.2 Å². The van der Waals surface area contributed by atoms with Crippen LogP contribution in [0.2, 0.25) is 0 Å². The summed E-state index contributed by atoms with van der Waals surface area (Å²) in [5.74, 6) is -0.459. The molecule has 6 rings (SSSR count). The molecule has 2 atom stereocenters. The van der Waals surface area contributed by atoms with Crippen molar-refractivity contribution in [3.8, 4) is 16.9 Å². The molecule has 3 aromatic carbocycles. The number of rotatable bonds is 4. The number of hydrogen-bond donors (Lipinski definition) is 0. The van der Waals surface area contributed by atoms with Gasteiger partial charge in [0.1, 0.15) is 11.9 Å². The standard InChI is InChI=1S/C29H26F3NO6S/c1-28(26-24-18(14-17-37-26)8-6-13-23(24)39-40(35,36)29(30,31)32)15-7-16-33(28)27(34)38-25-21-11-4-2-9-19(21)20-10-3-5-12-22(20)25/h2-6,8-13,25-26H,7,14-17H2,1H3/t26-,28?/m1/s1. The van der Waals surface area contributed by atoms with Gasteiger partial charge in [0.25, 0.3) is 0 Å². The molecule has 7 nitrogen and oxygen atoms in total. The Morgan fingerprint density at radius 1 is 1.00 bits per heavy atom. The fourth-order valence-corrected chi connectivity index (χ4v) is 6.64. The van der Waals surface area contributed by atoms with E-state index < -0.39 is 45.2 Å². The first-order chi connectivity index (χ1) is 19.0. The van der Waals surface area contributed by atoms with Gasteiger partial charge >= 0.3 is 21.7 Å². The zero-order chi connectivity index (χ0) is 28.3. The normalized spacial score (nSPS) is 22.4. The van der Waals surface area contributed by atoms with Crippen LogP contribution in [0.15, 0.2) is 66.7 Å². The largest absolute Gasteiger partial charge is 0.534 e. The molecule has 11 heteroatoms. The van der Waals surface area contributed by atoms with E-state index in [0.717, 1.165) is 22.3 Å². The van der Waals surface area contributed by atoms with Gasteiger partial charge < -0.3 is 13.7 Å². The molecular formula is C29H26F3NO6S. The van der Waals surface area contributed by atoms with Crippen LogP contribution in [0.5, 0.6) is 5.75 Å². The summed E-state index contributed by atoms with van der Waals surface area (Å²) in [6.07, 6.45) is -0.735. The second kappa shape index (κ2) is 9.52. The number of hydrogen-bond acceptors (Lipinski definition) is 6. The van der Waals surface area contributed by atoms with Crippen molar-refractivity contribution in [1.82, 2.24) is 4.90 Å². The number of amides is 1. The van der Waals surface area contributed by atoms with Crippen LogP contribution in [0, 0.1) is 0 Å². The van der Waals surface area contributed by atoms with Crippen LogP contribution < -0.4 is 4.18 Å². The maximum absolute atomic E-state index is 13.8. The zero-order valence-corrected chi connectivity index (χ0v) is 22.3. The quantitative estimate of drug-likeness (QED) is 0.270. The van der Waals surface area contributed by atoms with Crippen molar-refractivity contribution < 1.29 is 40.0 Å². The molecule has 1 fully saturated rings. The van der Waals surface area contributed by atoms with Crippen molar-refractivity contribution in [2.24, 2.45) is 0 Å². The predicted molar refractivity (Wildman–Crippen MR) is 139 cm³/mol. The minimum absolute atomic E-state index is 0.195. The summed E-state index contributed by atoms with van der Waals surface area (Å²) in [5.41, 5.74) is -2.13. The van der Waals surface area contributed by atoms with E-state index in [-0.39, 0.29) is 12.2 Å². The minimum Gasteiger partial charge on any atom is -0.436 e. The molecule has 1 aliphatic carbocycles. The fraction of sp³-hybridized carbons (Fsp3) is 0.345. The summed E-state index contributed by atoms with van der Waals surface area (Å²) >= 11 is 0. The monoisotopic (exact) mass is 573 g/mol.